The Balaban J connectivity index is 1.18. The summed E-state index contributed by atoms with van der Waals surface area (Å²) in [5, 5.41) is 16.1. The van der Waals surface area contributed by atoms with E-state index in [1.807, 2.05) is 24.0 Å². The number of aromatic nitrogens is 6. The maximum absolute atomic E-state index is 4.72. The van der Waals surface area contributed by atoms with Crippen molar-refractivity contribution in [1.82, 2.24) is 35.3 Å². The number of H-pyrrole nitrogens is 1. The average Bonchev–Trinajstić information content (AvgIpc) is 3.30. The van der Waals surface area contributed by atoms with Gasteiger partial charge in [0.05, 0.1) is 21.9 Å². The lowest BCUT2D eigenvalue weighted by Crippen LogP contribution is -2.42. The highest BCUT2D eigenvalue weighted by atomic mass is 32.1. The molecule has 4 aromatic heterocycles. The standard InChI is InChI=1S/C22H22N8S/c1-29(14-6-13-2-4-17-18(7-14)30(13)17)19-5-3-16(27-28-19)21-22-20(24-11-31-22)15(10-23-21)12-8-25-26-9-12/h3,5,8-11,13-14,17-18H,2,4,6-7H2,1H3,(H,25,26)/t13-,14-,17+,18?,30?/m1/s1. The molecule has 0 saturated carbocycles. The van der Waals surface area contributed by atoms with Gasteiger partial charge in [-0.2, -0.15) is 5.10 Å². The number of hydrogen-bond acceptors (Lipinski definition) is 8. The summed E-state index contributed by atoms with van der Waals surface area (Å²) in [6.45, 7) is 0. The predicted molar refractivity (Wildman–Crippen MR) is 120 cm³/mol. The minimum atomic E-state index is 0.553. The molecule has 4 aromatic rings. The third-order valence-electron chi connectivity index (χ3n) is 7.37. The monoisotopic (exact) mass is 430 g/mol. The van der Waals surface area contributed by atoms with Gasteiger partial charge in [0.1, 0.15) is 11.4 Å². The number of fused-ring (bicyclic) bond motifs is 2. The van der Waals surface area contributed by atoms with Crippen LogP contribution in [0.15, 0.2) is 36.2 Å². The van der Waals surface area contributed by atoms with E-state index in [-0.39, 0.29) is 0 Å². The van der Waals surface area contributed by atoms with Gasteiger partial charge in [-0.3, -0.25) is 15.0 Å². The first-order valence-electron chi connectivity index (χ1n) is 10.8. The molecule has 9 heteroatoms. The van der Waals surface area contributed by atoms with Crippen LogP contribution in [0.2, 0.25) is 0 Å². The van der Waals surface area contributed by atoms with E-state index < -0.39 is 0 Å². The highest BCUT2D eigenvalue weighted by Gasteiger charge is 2.59. The van der Waals surface area contributed by atoms with Gasteiger partial charge in [-0.05, 0) is 37.8 Å². The zero-order valence-corrected chi connectivity index (χ0v) is 18.0. The van der Waals surface area contributed by atoms with Crippen molar-refractivity contribution in [3.8, 4) is 22.5 Å². The molecule has 3 aliphatic heterocycles. The van der Waals surface area contributed by atoms with Gasteiger partial charge in [0.15, 0.2) is 5.82 Å². The minimum Gasteiger partial charge on any atom is -0.355 e. The van der Waals surface area contributed by atoms with Crippen molar-refractivity contribution in [2.45, 2.75) is 49.9 Å². The van der Waals surface area contributed by atoms with E-state index in [1.54, 1.807) is 17.5 Å². The first kappa shape index (κ1) is 17.7. The van der Waals surface area contributed by atoms with Crippen molar-refractivity contribution in [3.05, 3.63) is 36.2 Å². The van der Waals surface area contributed by atoms with Crippen molar-refractivity contribution in [2.75, 3.05) is 11.9 Å². The molecule has 0 aliphatic carbocycles. The summed E-state index contributed by atoms with van der Waals surface area (Å²) < 4.78 is 1.02. The second-order valence-electron chi connectivity index (χ2n) is 8.86. The van der Waals surface area contributed by atoms with Crippen LogP contribution in [0.1, 0.15) is 25.7 Å². The summed E-state index contributed by atoms with van der Waals surface area (Å²) in [6.07, 6.45) is 10.8. The number of thiazole rings is 1. The molecule has 0 spiro atoms. The van der Waals surface area contributed by atoms with E-state index in [2.05, 4.69) is 48.3 Å². The fourth-order valence-electron chi connectivity index (χ4n) is 5.75. The lowest BCUT2D eigenvalue weighted by Gasteiger charge is -2.35. The van der Waals surface area contributed by atoms with E-state index >= 15 is 0 Å². The Bertz CT molecular complexity index is 1250. The van der Waals surface area contributed by atoms with Crippen LogP contribution < -0.4 is 4.90 Å². The van der Waals surface area contributed by atoms with Crippen LogP contribution >= 0.6 is 11.3 Å². The summed E-state index contributed by atoms with van der Waals surface area (Å²) in [6, 6.07) is 7.13. The number of anilines is 1. The van der Waals surface area contributed by atoms with Crippen LogP contribution in [-0.4, -0.2) is 66.5 Å². The largest absolute Gasteiger partial charge is 0.355 e. The van der Waals surface area contributed by atoms with Gasteiger partial charge < -0.3 is 4.90 Å². The maximum Gasteiger partial charge on any atom is 0.151 e. The Hall–Kier alpha value is -2.91. The van der Waals surface area contributed by atoms with Crippen molar-refractivity contribution in [3.63, 3.8) is 0 Å². The molecule has 0 bridgehead atoms. The predicted octanol–water partition coefficient (Wildman–Crippen LogP) is 3.35. The molecule has 31 heavy (non-hydrogen) atoms. The Morgan fingerprint density at radius 1 is 1.10 bits per heavy atom. The van der Waals surface area contributed by atoms with Gasteiger partial charge in [0.25, 0.3) is 0 Å². The van der Waals surface area contributed by atoms with Gasteiger partial charge >= 0.3 is 0 Å². The number of piperidine rings is 2. The molecule has 3 saturated heterocycles. The van der Waals surface area contributed by atoms with E-state index in [0.29, 0.717) is 6.04 Å². The average molecular weight is 431 g/mol. The molecule has 156 valence electrons. The molecule has 7 rings (SSSR count). The third-order valence-corrected chi connectivity index (χ3v) is 8.20. The van der Waals surface area contributed by atoms with Crippen molar-refractivity contribution in [2.24, 2.45) is 0 Å². The van der Waals surface area contributed by atoms with E-state index in [9.17, 15) is 0 Å². The second kappa shape index (κ2) is 6.54. The highest BCUT2D eigenvalue weighted by Crippen LogP contribution is 2.51. The molecule has 2 unspecified atom stereocenters. The highest BCUT2D eigenvalue weighted by molar-refractivity contribution is 7.17. The van der Waals surface area contributed by atoms with Crippen LogP contribution in [0.5, 0.6) is 0 Å². The molecule has 0 aromatic carbocycles. The summed E-state index contributed by atoms with van der Waals surface area (Å²) in [7, 11) is 2.17. The van der Waals surface area contributed by atoms with Crippen molar-refractivity contribution >= 4 is 27.4 Å². The topological polar surface area (TPSA) is 86.5 Å². The van der Waals surface area contributed by atoms with Crippen LogP contribution in [0, 0.1) is 0 Å². The molecule has 3 aliphatic rings. The third kappa shape index (κ3) is 2.66. The molecule has 8 nitrogen and oxygen atoms in total. The SMILES string of the molecule is CN(c1ccc(-c2ncc(-c3cn[nH]c3)c3ncsc23)nn1)[C@H]1CC2[C@@H]3CC[C@H](C1)N23. The van der Waals surface area contributed by atoms with E-state index in [4.69, 9.17) is 4.98 Å². The van der Waals surface area contributed by atoms with Gasteiger partial charge in [0, 0.05) is 54.7 Å². The van der Waals surface area contributed by atoms with Crippen LogP contribution in [-0.2, 0) is 0 Å². The lowest BCUT2D eigenvalue weighted by molar-refractivity contribution is 0.274. The van der Waals surface area contributed by atoms with Crippen LogP contribution in [0.4, 0.5) is 5.82 Å². The first-order valence-corrected chi connectivity index (χ1v) is 11.7. The molecular weight excluding hydrogens is 408 g/mol. The fourth-order valence-corrected chi connectivity index (χ4v) is 6.56. The zero-order valence-electron chi connectivity index (χ0n) is 17.1. The number of nitrogens with one attached hydrogen (secondary N) is 1. The molecule has 1 N–H and O–H groups in total. The quantitative estimate of drug-likeness (QED) is 0.497. The van der Waals surface area contributed by atoms with Gasteiger partial charge in [-0.15, -0.1) is 21.5 Å². The van der Waals surface area contributed by atoms with E-state index in [0.717, 1.165) is 56.7 Å². The van der Waals surface area contributed by atoms with Gasteiger partial charge in [-0.25, -0.2) is 4.98 Å². The molecule has 5 atom stereocenters. The molecule has 7 heterocycles. The van der Waals surface area contributed by atoms with Crippen molar-refractivity contribution < 1.29 is 0 Å². The van der Waals surface area contributed by atoms with Crippen LogP contribution in [0.25, 0.3) is 32.7 Å². The Morgan fingerprint density at radius 2 is 2.06 bits per heavy atom. The first-order chi connectivity index (χ1) is 15.3. The number of pyridine rings is 1. The number of rotatable bonds is 4. The Morgan fingerprint density at radius 3 is 2.87 bits per heavy atom. The molecule has 0 radical (unpaired) electrons. The molecule has 0 amide bonds. The smallest absolute Gasteiger partial charge is 0.151 e. The summed E-state index contributed by atoms with van der Waals surface area (Å²) >= 11 is 1.58. The maximum atomic E-state index is 4.72. The molecule has 3 fully saturated rings. The Kier molecular flexibility index (Phi) is 3.74. The van der Waals surface area contributed by atoms with Crippen molar-refractivity contribution in [1.29, 1.82) is 0 Å². The molecular formula is C22H22N8S. The van der Waals surface area contributed by atoms with Gasteiger partial charge in [-0.1, -0.05) is 0 Å². The summed E-state index contributed by atoms with van der Waals surface area (Å²) in [5.41, 5.74) is 6.33. The van der Waals surface area contributed by atoms with Crippen LogP contribution in [0.3, 0.4) is 0 Å². The number of nitrogens with zero attached hydrogens (tertiary/aromatic N) is 7. The normalized spacial score (nSPS) is 28.6. The fraction of sp³-hybridized carbons (Fsp3) is 0.409. The lowest BCUT2D eigenvalue weighted by atomic mass is 9.91. The van der Waals surface area contributed by atoms with E-state index in [1.165, 1.54) is 25.7 Å². The second-order valence-corrected chi connectivity index (χ2v) is 9.72. The number of hydrogen-bond donors (Lipinski definition) is 1. The van der Waals surface area contributed by atoms with Gasteiger partial charge in [0.2, 0.25) is 0 Å². The summed E-state index contributed by atoms with van der Waals surface area (Å²) in [5.74, 6) is 0.939. The Labute approximate surface area is 183 Å². The number of aromatic amines is 1. The summed E-state index contributed by atoms with van der Waals surface area (Å²) in [4.78, 5) is 14.4. The zero-order chi connectivity index (χ0) is 20.5. The minimum absolute atomic E-state index is 0.553.